The number of thiazole rings is 1. The maximum atomic E-state index is 12.9. The molecule has 1 amide bonds. The molecule has 0 saturated carbocycles. The van der Waals surface area contributed by atoms with Crippen LogP contribution in [-0.2, 0) is 4.79 Å². The third-order valence-electron chi connectivity index (χ3n) is 4.08. The molecule has 0 aliphatic carbocycles. The number of benzene rings is 1. The topological polar surface area (TPSA) is 46.9 Å². The van der Waals surface area contributed by atoms with Gasteiger partial charge in [0.1, 0.15) is 11.3 Å². The number of anilines is 1. The van der Waals surface area contributed by atoms with Crippen molar-refractivity contribution < 1.29 is 14.4 Å². The van der Waals surface area contributed by atoms with Crippen LogP contribution in [0.25, 0.3) is 16.3 Å². The summed E-state index contributed by atoms with van der Waals surface area (Å²) in [4.78, 5) is 21.8. The van der Waals surface area contributed by atoms with Crippen LogP contribution >= 0.6 is 22.7 Å². The smallest absolute Gasteiger partial charge is 0.252 e. The summed E-state index contributed by atoms with van der Waals surface area (Å²) in [5.41, 5.74) is 0.804. The maximum absolute atomic E-state index is 12.9. The van der Waals surface area contributed by atoms with E-state index in [4.69, 9.17) is 9.72 Å². The van der Waals surface area contributed by atoms with Crippen molar-refractivity contribution in [2.75, 3.05) is 39.2 Å². The number of carbonyl (C=O) groups is 1. The maximum Gasteiger partial charge on any atom is 0.252 e. The number of thiophene rings is 1. The zero-order chi connectivity index (χ0) is 19.2. The van der Waals surface area contributed by atoms with Gasteiger partial charge in [-0.05, 0) is 29.7 Å². The molecule has 3 rings (SSSR count). The molecular formula is C20H24N3O2S2+. The Bertz CT molecular complexity index is 917. The first kappa shape index (κ1) is 19.5. The first-order valence-corrected chi connectivity index (χ1v) is 10.5. The van der Waals surface area contributed by atoms with Crippen molar-refractivity contribution in [1.82, 2.24) is 4.98 Å². The van der Waals surface area contributed by atoms with Gasteiger partial charge in [0.15, 0.2) is 5.13 Å². The SMILES string of the molecule is COc1cccc2sc(N(CCC[NH+](C)C)C(=O)/C=C/c3cccs3)nc12. The molecule has 2 aromatic heterocycles. The van der Waals surface area contributed by atoms with Crippen molar-refractivity contribution in [1.29, 1.82) is 0 Å². The number of fused-ring (bicyclic) bond motifs is 1. The second kappa shape index (κ2) is 9.12. The molecule has 0 saturated heterocycles. The van der Waals surface area contributed by atoms with Crippen LogP contribution in [0.1, 0.15) is 11.3 Å². The highest BCUT2D eigenvalue weighted by molar-refractivity contribution is 7.22. The van der Waals surface area contributed by atoms with Gasteiger partial charge in [0, 0.05) is 23.9 Å². The number of para-hydroxylation sites is 1. The van der Waals surface area contributed by atoms with Gasteiger partial charge in [0.2, 0.25) is 0 Å². The van der Waals surface area contributed by atoms with Crippen LogP contribution in [0.2, 0.25) is 0 Å². The fourth-order valence-electron chi connectivity index (χ4n) is 2.71. The highest BCUT2D eigenvalue weighted by Crippen LogP contribution is 2.34. The summed E-state index contributed by atoms with van der Waals surface area (Å²) in [7, 11) is 5.87. The summed E-state index contributed by atoms with van der Waals surface area (Å²) in [5.74, 6) is 0.685. The molecule has 27 heavy (non-hydrogen) atoms. The molecule has 0 unspecified atom stereocenters. The molecule has 142 valence electrons. The normalized spacial score (nSPS) is 11.6. The average Bonchev–Trinajstić information content (AvgIpc) is 3.31. The second-order valence-corrected chi connectivity index (χ2v) is 8.44. The lowest BCUT2D eigenvalue weighted by Gasteiger charge is -2.18. The van der Waals surface area contributed by atoms with Crippen LogP contribution in [0.15, 0.2) is 41.8 Å². The molecule has 1 aromatic carbocycles. The summed E-state index contributed by atoms with van der Waals surface area (Å²) >= 11 is 3.13. The third-order valence-corrected chi connectivity index (χ3v) is 5.96. The van der Waals surface area contributed by atoms with Crippen LogP contribution in [0.3, 0.4) is 0 Å². The van der Waals surface area contributed by atoms with Gasteiger partial charge in [-0.1, -0.05) is 23.5 Å². The zero-order valence-electron chi connectivity index (χ0n) is 15.8. The molecule has 2 heterocycles. The number of aromatic nitrogens is 1. The molecular weight excluding hydrogens is 378 g/mol. The fourth-order valence-corrected chi connectivity index (χ4v) is 4.34. The summed E-state index contributed by atoms with van der Waals surface area (Å²) in [5, 5.41) is 2.71. The van der Waals surface area contributed by atoms with Crippen molar-refractivity contribution in [3.05, 3.63) is 46.7 Å². The van der Waals surface area contributed by atoms with E-state index in [0.29, 0.717) is 11.7 Å². The second-order valence-electron chi connectivity index (χ2n) is 6.45. The molecule has 0 aliphatic heterocycles. The van der Waals surface area contributed by atoms with Crippen molar-refractivity contribution in [2.24, 2.45) is 0 Å². The Morgan fingerprint density at radius 1 is 1.30 bits per heavy atom. The summed E-state index contributed by atoms with van der Waals surface area (Å²) < 4.78 is 6.43. The molecule has 0 atom stereocenters. The van der Waals surface area contributed by atoms with Gasteiger partial charge in [-0.25, -0.2) is 4.98 Å². The standard InChI is InChI=1S/C20H23N3O2S2/c1-22(2)12-6-13-23(18(24)11-10-15-7-5-14-26-15)20-21-19-16(25-3)8-4-9-17(19)27-20/h4-5,7-11,14H,6,12-13H2,1-3H3/p+1/b11-10+. The van der Waals surface area contributed by atoms with Gasteiger partial charge in [-0.2, -0.15) is 0 Å². The van der Waals surface area contributed by atoms with Gasteiger partial charge in [-0.15, -0.1) is 11.3 Å². The number of nitrogens with one attached hydrogen (secondary N) is 1. The quantitative estimate of drug-likeness (QED) is 0.590. The number of hydrogen-bond acceptors (Lipinski definition) is 5. The summed E-state index contributed by atoms with van der Waals surface area (Å²) in [6, 6.07) is 9.82. The fraction of sp³-hybridized carbons (Fsp3) is 0.300. The lowest BCUT2D eigenvalue weighted by molar-refractivity contribution is -0.858. The predicted octanol–water partition coefficient (Wildman–Crippen LogP) is 2.95. The first-order chi connectivity index (χ1) is 13.1. The van der Waals surface area contributed by atoms with E-state index in [2.05, 4.69) is 14.1 Å². The number of amides is 1. The molecule has 5 nitrogen and oxygen atoms in total. The van der Waals surface area contributed by atoms with Crippen LogP contribution in [0.4, 0.5) is 5.13 Å². The first-order valence-electron chi connectivity index (χ1n) is 8.84. The average molecular weight is 403 g/mol. The van der Waals surface area contributed by atoms with E-state index in [1.165, 1.54) is 16.2 Å². The van der Waals surface area contributed by atoms with Gasteiger partial charge >= 0.3 is 0 Å². The number of quaternary nitrogens is 1. The van der Waals surface area contributed by atoms with Gasteiger partial charge < -0.3 is 9.64 Å². The molecule has 0 aliphatic rings. The molecule has 7 heteroatoms. The zero-order valence-corrected chi connectivity index (χ0v) is 17.4. The minimum atomic E-state index is -0.0461. The van der Waals surface area contributed by atoms with Crippen LogP contribution in [0, 0.1) is 0 Å². The lowest BCUT2D eigenvalue weighted by Crippen LogP contribution is -3.05. The molecule has 3 aromatic rings. The van der Waals surface area contributed by atoms with Crippen LogP contribution < -0.4 is 14.5 Å². The molecule has 1 N–H and O–H groups in total. The van der Waals surface area contributed by atoms with Crippen molar-refractivity contribution in [3.8, 4) is 5.75 Å². The minimum absolute atomic E-state index is 0.0461. The Morgan fingerprint density at radius 3 is 2.85 bits per heavy atom. The van der Waals surface area contributed by atoms with Crippen molar-refractivity contribution >= 4 is 50.0 Å². The van der Waals surface area contributed by atoms with Crippen molar-refractivity contribution in [3.63, 3.8) is 0 Å². The van der Waals surface area contributed by atoms with Crippen LogP contribution in [0.5, 0.6) is 5.75 Å². The van der Waals surface area contributed by atoms with Gasteiger partial charge in [0.25, 0.3) is 5.91 Å². The van der Waals surface area contributed by atoms with Gasteiger partial charge in [0.05, 0.1) is 32.4 Å². The van der Waals surface area contributed by atoms with Gasteiger partial charge in [-0.3, -0.25) is 9.69 Å². The Hall–Kier alpha value is -2.22. The van der Waals surface area contributed by atoms with E-state index < -0.39 is 0 Å². The number of carbonyl (C=O) groups excluding carboxylic acids is 1. The van der Waals surface area contributed by atoms with E-state index in [0.717, 1.165) is 33.8 Å². The van der Waals surface area contributed by atoms with E-state index in [1.54, 1.807) is 29.4 Å². The highest BCUT2D eigenvalue weighted by atomic mass is 32.1. The lowest BCUT2D eigenvalue weighted by atomic mass is 10.3. The van der Waals surface area contributed by atoms with Crippen LogP contribution in [-0.4, -0.2) is 45.2 Å². The summed E-state index contributed by atoms with van der Waals surface area (Å²) in [6.07, 6.45) is 4.41. The summed E-state index contributed by atoms with van der Waals surface area (Å²) in [6.45, 7) is 1.63. The molecule has 0 fully saturated rings. The molecule has 0 radical (unpaired) electrons. The Morgan fingerprint density at radius 2 is 2.15 bits per heavy atom. The number of methoxy groups -OCH3 is 1. The Kier molecular flexibility index (Phi) is 6.60. The van der Waals surface area contributed by atoms with E-state index in [-0.39, 0.29) is 5.91 Å². The van der Waals surface area contributed by atoms with E-state index >= 15 is 0 Å². The predicted molar refractivity (Wildman–Crippen MR) is 114 cm³/mol. The number of hydrogen-bond donors (Lipinski definition) is 1. The number of ether oxygens (including phenoxy) is 1. The minimum Gasteiger partial charge on any atom is -0.494 e. The van der Waals surface area contributed by atoms with E-state index in [1.807, 2.05) is 41.8 Å². The highest BCUT2D eigenvalue weighted by Gasteiger charge is 2.19. The Labute approximate surface area is 167 Å². The number of rotatable bonds is 8. The molecule has 0 bridgehead atoms. The monoisotopic (exact) mass is 402 g/mol. The largest absolute Gasteiger partial charge is 0.494 e. The van der Waals surface area contributed by atoms with E-state index in [9.17, 15) is 4.79 Å². The van der Waals surface area contributed by atoms with Crippen molar-refractivity contribution in [2.45, 2.75) is 6.42 Å². The number of nitrogens with zero attached hydrogens (tertiary/aromatic N) is 2. The third kappa shape index (κ3) is 4.94. The Balaban J connectivity index is 1.87. The molecule has 0 spiro atoms.